The third-order valence-corrected chi connectivity index (χ3v) is 4.71. The van der Waals surface area contributed by atoms with Crippen molar-refractivity contribution >= 4 is 28.1 Å². The summed E-state index contributed by atoms with van der Waals surface area (Å²) in [6.07, 6.45) is 3.53. The molecule has 0 spiro atoms. The maximum absolute atomic E-state index is 12.4. The fourth-order valence-electron chi connectivity index (χ4n) is 2.30. The Kier molecular flexibility index (Phi) is 4.57. The summed E-state index contributed by atoms with van der Waals surface area (Å²) in [5, 5.41) is 3.46. The van der Waals surface area contributed by atoms with E-state index in [1.165, 1.54) is 11.3 Å². The zero-order valence-corrected chi connectivity index (χ0v) is 14.6. The molecule has 0 aliphatic carbocycles. The number of pyridine rings is 1. The third-order valence-electron chi connectivity index (χ3n) is 3.59. The number of aromatic nitrogens is 2. The normalized spacial score (nSPS) is 10.5. The van der Waals surface area contributed by atoms with Crippen molar-refractivity contribution in [3.05, 3.63) is 60.0 Å². The van der Waals surface area contributed by atoms with Crippen molar-refractivity contribution in [1.82, 2.24) is 9.97 Å². The molecular weight excluding hydrogens is 320 g/mol. The zero-order valence-electron chi connectivity index (χ0n) is 13.8. The zero-order chi connectivity index (χ0) is 17.1. The summed E-state index contributed by atoms with van der Waals surface area (Å²) >= 11 is 1.45. The van der Waals surface area contributed by atoms with Crippen LogP contribution in [0.5, 0.6) is 0 Å². The highest BCUT2D eigenvalue weighted by molar-refractivity contribution is 7.19. The highest BCUT2D eigenvalue weighted by Crippen LogP contribution is 2.32. The van der Waals surface area contributed by atoms with E-state index in [9.17, 15) is 4.79 Å². The standard InChI is InChI=1S/C18H18N4OS/c1-12-16(14-5-4-10-19-11-14)24-18(20-12)21-17(23)13-6-8-15(9-7-13)22(2)3/h4-11H,1-3H3,(H,20,21,23). The summed E-state index contributed by atoms with van der Waals surface area (Å²) in [7, 11) is 3.93. The van der Waals surface area contributed by atoms with Crippen molar-refractivity contribution in [1.29, 1.82) is 0 Å². The molecule has 0 radical (unpaired) electrons. The second-order valence-corrected chi connectivity index (χ2v) is 6.57. The first-order valence-corrected chi connectivity index (χ1v) is 8.33. The molecule has 0 unspecified atom stereocenters. The molecule has 1 aromatic carbocycles. The van der Waals surface area contributed by atoms with E-state index in [0.717, 1.165) is 21.8 Å². The molecular formula is C18H18N4OS. The van der Waals surface area contributed by atoms with Gasteiger partial charge in [0.05, 0.1) is 10.6 Å². The molecule has 122 valence electrons. The predicted octanol–water partition coefficient (Wildman–Crippen LogP) is 3.83. The fourth-order valence-corrected chi connectivity index (χ4v) is 3.25. The number of hydrogen-bond donors (Lipinski definition) is 1. The predicted molar refractivity (Wildman–Crippen MR) is 98.8 cm³/mol. The van der Waals surface area contributed by atoms with E-state index in [2.05, 4.69) is 15.3 Å². The topological polar surface area (TPSA) is 58.1 Å². The molecule has 3 rings (SSSR count). The van der Waals surface area contributed by atoms with Crippen molar-refractivity contribution < 1.29 is 4.79 Å². The minimum absolute atomic E-state index is 0.160. The second kappa shape index (κ2) is 6.80. The van der Waals surface area contributed by atoms with Gasteiger partial charge in [-0.25, -0.2) is 4.98 Å². The number of anilines is 2. The van der Waals surface area contributed by atoms with Crippen LogP contribution in [0.1, 0.15) is 16.1 Å². The number of rotatable bonds is 4. The Morgan fingerprint density at radius 3 is 2.54 bits per heavy atom. The number of carbonyl (C=O) groups is 1. The quantitative estimate of drug-likeness (QED) is 0.785. The molecule has 1 N–H and O–H groups in total. The number of aryl methyl sites for hydroxylation is 1. The van der Waals surface area contributed by atoms with Gasteiger partial charge in [-0.05, 0) is 37.3 Å². The van der Waals surface area contributed by atoms with Crippen LogP contribution in [0.3, 0.4) is 0 Å². The Bertz CT molecular complexity index is 841. The highest BCUT2D eigenvalue weighted by atomic mass is 32.1. The maximum Gasteiger partial charge on any atom is 0.257 e. The molecule has 0 bridgehead atoms. The third kappa shape index (κ3) is 3.44. The molecule has 6 heteroatoms. The van der Waals surface area contributed by atoms with Crippen LogP contribution in [0.4, 0.5) is 10.8 Å². The molecule has 2 aromatic heterocycles. The average Bonchev–Trinajstić information content (AvgIpc) is 2.96. The van der Waals surface area contributed by atoms with E-state index >= 15 is 0 Å². The lowest BCUT2D eigenvalue weighted by atomic mass is 10.2. The molecule has 0 saturated heterocycles. The van der Waals surface area contributed by atoms with Gasteiger partial charge in [0, 0.05) is 43.3 Å². The van der Waals surface area contributed by atoms with Gasteiger partial charge in [-0.3, -0.25) is 15.1 Å². The van der Waals surface area contributed by atoms with Crippen LogP contribution in [-0.4, -0.2) is 30.0 Å². The minimum Gasteiger partial charge on any atom is -0.378 e. The summed E-state index contributed by atoms with van der Waals surface area (Å²) in [6.45, 7) is 1.93. The molecule has 3 aromatic rings. The minimum atomic E-state index is -0.160. The first-order valence-electron chi connectivity index (χ1n) is 7.51. The van der Waals surface area contributed by atoms with Gasteiger partial charge in [-0.2, -0.15) is 0 Å². The van der Waals surface area contributed by atoms with Gasteiger partial charge in [-0.1, -0.05) is 17.4 Å². The first-order chi connectivity index (χ1) is 11.5. The van der Waals surface area contributed by atoms with E-state index in [4.69, 9.17) is 0 Å². The van der Waals surface area contributed by atoms with Gasteiger partial charge in [0.2, 0.25) is 0 Å². The lowest BCUT2D eigenvalue weighted by molar-refractivity contribution is 0.102. The van der Waals surface area contributed by atoms with Crippen molar-refractivity contribution in [2.24, 2.45) is 0 Å². The molecule has 1 amide bonds. The lowest BCUT2D eigenvalue weighted by Crippen LogP contribution is -2.13. The summed E-state index contributed by atoms with van der Waals surface area (Å²) in [6, 6.07) is 11.3. The molecule has 0 fully saturated rings. The molecule has 0 atom stereocenters. The van der Waals surface area contributed by atoms with Gasteiger partial charge < -0.3 is 4.90 Å². The molecule has 2 heterocycles. The number of amides is 1. The van der Waals surface area contributed by atoms with Crippen LogP contribution in [0.2, 0.25) is 0 Å². The van der Waals surface area contributed by atoms with Gasteiger partial charge in [0.25, 0.3) is 5.91 Å². The summed E-state index contributed by atoms with van der Waals surface area (Å²) in [5.74, 6) is -0.160. The summed E-state index contributed by atoms with van der Waals surface area (Å²) in [5.41, 5.74) is 3.54. The number of nitrogens with one attached hydrogen (secondary N) is 1. The molecule has 24 heavy (non-hydrogen) atoms. The SMILES string of the molecule is Cc1nc(NC(=O)c2ccc(N(C)C)cc2)sc1-c1cccnc1. The van der Waals surface area contributed by atoms with Crippen LogP contribution in [0, 0.1) is 6.92 Å². The maximum atomic E-state index is 12.4. The lowest BCUT2D eigenvalue weighted by Gasteiger charge is -2.12. The summed E-state index contributed by atoms with van der Waals surface area (Å²) in [4.78, 5) is 24.0. The molecule has 0 aliphatic rings. The Labute approximate surface area is 145 Å². The fraction of sp³-hybridized carbons (Fsp3) is 0.167. The van der Waals surface area contributed by atoms with E-state index in [1.54, 1.807) is 12.4 Å². The van der Waals surface area contributed by atoms with E-state index < -0.39 is 0 Å². The van der Waals surface area contributed by atoms with Crippen molar-refractivity contribution in [3.8, 4) is 10.4 Å². The Morgan fingerprint density at radius 1 is 1.17 bits per heavy atom. The van der Waals surface area contributed by atoms with Gasteiger partial charge >= 0.3 is 0 Å². The van der Waals surface area contributed by atoms with Crippen LogP contribution >= 0.6 is 11.3 Å². The van der Waals surface area contributed by atoms with Crippen LogP contribution in [-0.2, 0) is 0 Å². The number of carbonyl (C=O) groups excluding carboxylic acids is 1. The van der Waals surface area contributed by atoms with E-state index in [1.807, 2.05) is 62.3 Å². The van der Waals surface area contributed by atoms with Gasteiger partial charge in [0.1, 0.15) is 0 Å². The van der Waals surface area contributed by atoms with Crippen molar-refractivity contribution in [2.45, 2.75) is 6.92 Å². The first kappa shape index (κ1) is 16.1. The van der Waals surface area contributed by atoms with Crippen LogP contribution < -0.4 is 10.2 Å². The average molecular weight is 338 g/mol. The van der Waals surface area contributed by atoms with Crippen LogP contribution in [0.15, 0.2) is 48.8 Å². The van der Waals surface area contributed by atoms with Gasteiger partial charge in [0.15, 0.2) is 5.13 Å². The number of thiazole rings is 1. The molecule has 5 nitrogen and oxygen atoms in total. The number of benzene rings is 1. The molecule has 0 aliphatic heterocycles. The van der Waals surface area contributed by atoms with E-state index in [-0.39, 0.29) is 5.91 Å². The highest BCUT2D eigenvalue weighted by Gasteiger charge is 2.13. The Morgan fingerprint density at radius 2 is 1.92 bits per heavy atom. The van der Waals surface area contributed by atoms with E-state index in [0.29, 0.717) is 10.7 Å². The molecule has 0 saturated carbocycles. The largest absolute Gasteiger partial charge is 0.378 e. The number of nitrogens with zero attached hydrogens (tertiary/aromatic N) is 3. The summed E-state index contributed by atoms with van der Waals surface area (Å²) < 4.78 is 0. The Balaban J connectivity index is 1.78. The van der Waals surface area contributed by atoms with Crippen LogP contribution in [0.25, 0.3) is 10.4 Å². The second-order valence-electron chi connectivity index (χ2n) is 5.57. The Hall–Kier alpha value is -2.73. The smallest absolute Gasteiger partial charge is 0.257 e. The van der Waals surface area contributed by atoms with Crippen molar-refractivity contribution in [2.75, 3.05) is 24.3 Å². The monoisotopic (exact) mass is 338 g/mol. The van der Waals surface area contributed by atoms with Crippen molar-refractivity contribution in [3.63, 3.8) is 0 Å². The number of hydrogen-bond acceptors (Lipinski definition) is 5. The van der Waals surface area contributed by atoms with Gasteiger partial charge in [-0.15, -0.1) is 0 Å².